The summed E-state index contributed by atoms with van der Waals surface area (Å²) in [4.78, 5) is 10.2. The predicted octanol–water partition coefficient (Wildman–Crippen LogP) is 12.5. The zero-order chi connectivity index (χ0) is 32.3. The topological polar surface area (TPSA) is 38.9 Å². The van der Waals surface area contributed by atoms with E-state index in [2.05, 4.69) is 146 Å². The van der Waals surface area contributed by atoms with E-state index in [-0.39, 0.29) is 0 Å². The van der Waals surface area contributed by atoms with Crippen molar-refractivity contribution in [1.29, 1.82) is 0 Å². The van der Waals surface area contributed by atoms with Crippen LogP contribution >= 0.6 is 0 Å². The fourth-order valence-electron chi connectivity index (χ4n) is 7.31. The van der Waals surface area contributed by atoms with Gasteiger partial charge in [0, 0.05) is 27.5 Å². The first kappa shape index (κ1) is 27.5. The van der Waals surface area contributed by atoms with Crippen LogP contribution in [0.1, 0.15) is 0 Å². The monoisotopic (exact) mass is 624 g/mol. The summed E-state index contributed by atoms with van der Waals surface area (Å²) < 4.78 is 6.51. The molecule has 0 saturated heterocycles. The van der Waals surface area contributed by atoms with Gasteiger partial charge in [0.05, 0.1) is 11.4 Å². The number of furan rings is 1. The average Bonchev–Trinajstić information content (AvgIpc) is 3.57. The molecule has 10 rings (SSSR count). The molecule has 49 heavy (non-hydrogen) atoms. The second kappa shape index (κ2) is 11.0. The van der Waals surface area contributed by atoms with Crippen molar-refractivity contribution in [1.82, 2.24) is 9.97 Å². The maximum atomic E-state index is 6.51. The number of benzene rings is 8. The minimum Gasteiger partial charge on any atom is -0.456 e. The van der Waals surface area contributed by atoms with Crippen molar-refractivity contribution in [2.24, 2.45) is 0 Å². The van der Waals surface area contributed by atoms with E-state index in [9.17, 15) is 0 Å². The van der Waals surface area contributed by atoms with Crippen molar-refractivity contribution in [3.05, 3.63) is 170 Å². The molecule has 3 nitrogen and oxygen atoms in total. The van der Waals surface area contributed by atoms with E-state index in [1.165, 1.54) is 37.9 Å². The van der Waals surface area contributed by atoms with E-state index in [0.717, 1.165) is 55.9 Å². The van der Waals surface area contributed by atoms with Crippen LogP contribution in [0, 0.1) is 0 Å². The Kier molecular flexibility index (Phi) is 6.18. The van der Waals surface area contributed by atoms with Crippen LogP contribution in [0.25, 0.3) is 99.6 Å². The molecule has 8 aromatic carbocycles. The summed E-state index contributed by atoms with van der Waals surface area (Å²) in [5.74, 6) is 0.698. The third-order valence-electron chi connectivity index (χ3n) is 9.62. The molecule has 0 bridgehead atoms. The average molecular weight is 625 g/mol. The summed E-state index contributed by atoms with van der Waals surface area (Å²) >= 11 is 0. The second-order valence-corrected chi connectivity index (χ2v) is 12.6. The summed E-state index contributed by atoms with van der Waals surface area (Å²) in [5, 5.41) is 7.31. The Morgan fingerprint density at radius 2 is 0.816 bits per heavy atom. The second-order valence-electron chi connectivity index (χ2n) is 12.6. The first-order valence-electron chi connectivity index (χ1n) is 16.6. The minimum atomic E-state index is 0.698. The normalized spacial score (nSPS) is 11.7. The lowest BCUT2D eigenvalue weighted by Crippen LogP contribution is -1.96. The van der Waals surface area contributed by atoms with Crippen molar-refractivity contribution in [3.63, 3.8) is 0 Å². The molecule has 3 heteroatoms. The summed E-state index contributed by atoms with van der Waals surface area (Å²) in [6.07, 6.45) is 0. The molecule has 0 atom stereocenters. The van der Waals surface area contributed by atoms with Gasteiger partial charge in [-0.3, -0.25) is 0 Å². The quantitative estimate of drug-likeness (QED) is 0.179. The molecule has 0 spiro atoms. The first-order chi connectivity index (χ1) is 24.3. The van der Waals surface area contributed by atoms with E-state index in [0.29, 0.717) is 5.82 Å². The predicted molar refractivity (Wildman–Crippen MR) is 203 cm³/mol. The van der Waals surface area contributed by atoms with E-state index in [1.807, 2.05) is 24.3 Å². The third-order valence-corrected chi connectivity index (χ3v) is 9.62. The highest BCUT2D eigenvalue weighted by Gasteiger charge is 2.19. The molecule has 0 aliphatic rings. The fraction of sp³-hybridized carbons (Fsp3) is 0. The van der Waals surface area contributed by atoms with Crippen molar-refractivity contribution < 1.29 is 4.42 Å². The standard InChI is InChI=1S/C46H28N2O/c1-3-12-29(13-4-1)31-16-9-18-33(24-31)40-28-41(48-46(47-40)30-14-5-2-6-15-30)34-19-10-17-32(25-34)35-26-39-37-21-8-7-20-36(37)38-22-11-23-42-44(38)45(39)43(27-35)49-42/h1-28H. The highest BCUT2D eigenvalue weighted by atomic mass is 16.3. The maximum absolute atomic E-state index is 6.51. The Morgan fingerprint density at radius 3 is 1.51 bits per heavy atom. The Bertz CT molecular complexity index is 2820. The van der Waals surface area contributed by atoms with Crippen LogP contribution in [0.5, 0.6) is 0 Å². The van der Waals surface area contributed by atoms with Crippen molar-refractivity contribution >= 4 is 43.5 Å². The Labute approximate surface area is 283 Å². The molecular weight excluding hydrogens is 597 g/mol. The van der Waals surface area contributed by atoms with Crippen LogP contribution in [-0.2, 0) is 0 Å². The van der Waals surface area contributed by atoms with Gasteiger partial charge in [0.15, 0.2) is 5.82 Å². The Hall–Kier alpha value is -6.58. The molecule has 0 unspecified atom stereocenters. The number of aromatic nitrogens is 2. The van der Waals surface area contributed by atoms with E-state index in [4.69, 9.17) is 14.4 Å². The van der Waals surface area contributed by atoms with Crippen LogP contribution in [0.3, 0.4) is 0 Å². The van der Waals surface area contributed by atoms with Crippen LogP contribution in [0.2, 0.25) is 0 Å². The molecule has 0 radical (unpaired) electrons. The van der Waals surface area contributed by atoms with Crippen molar-refractivity contribution in [2.75, 3.05) is 0 Å². The van der Waals surface area contributed by atoms with Gasteiger partial charge in [-0.15, -0.1) is 0 Å². The number of hydrogen-bond acceptors (Lipinski definition) is 3. The van der Waals surface area contributed by atoms with Gasteiger partial charge in [0.2, 0.25) is 0 Å². The van der Waals surface area contributed by atoms with Gasteiger partial charge in [0.1, 0.15) is 11.2 Å². The van der Waals surface area contributed by atoms with Crippen molar-refractivity contribution in [2.45, 2.75) is 0 Å². The molecule has 228 valence electrons. The highest BCUT2D eigenvalue weighted by Crippen LogP contribution is 2.44. The number of rotatable bonds is 5. The van der Waals surface area contributed by atoms with Gasteiger partial charge < -0.3 is 4.42 Å². The highest BCUT2D eigenvalue weighted by molar-refractivity contribution is 6.33. The first-order valence-corrected chi connectivity index (χ1v) is 16.6. The summed E-state index contributed by atoms with van der Waals surface area (Å²) in [6.45, 7) is 0. The van der Waals surface area contributed by atoms with E-state index >= 15 is 0 Å². The smallest absolute Gasteiger partial charge is 0.160 e. The molecule has 2 aromatic heterocycles. The lowest BCUT2D eigenvalue weighted by Gasteiger charge is -2.12. The van der Waals surface area contributed by atoms with Crippen LogP contribution in [0.15, 0.2) is 174 Å². The Balaban J connectivity index is 1.14. The molecule has 2 heterocycles. The third kappa shape index (κ3) is 4.59. The summed E-state index contributed by atoms with van der Waals surface area (Å²) in [7, 11) is 0. The number of hydrogen-bond donors (Lipinski definition) is 0. The molecule has 0 saturated carbocycles. The molecule has 0 N–H and O–H groups in total. The molecule has 10 aromatic rings. The summed E-state index contributed by atoms with van der Waals surface area (Å²) in [6, 6.07) is 59.6. The van der Waals surface area contributed by atoms with Gasteiger partial charge in [0.25, 0.3) is 0 Å². The Morgan fingerprint density at radius 1 is 0.306 bits per heavy atom. The lowest BCUT2D eigenvalue weighted by atomic mass is 9.91. The zero-order valence-electron chi connectivity index (χ0n) is 26.5. The van der Waals surface area contributed by atoms with E-state index in [1.54, 1.807) is 0 Å². The summed E-state index contributed by atoms with van der Waals surface area (Å²) in [5.41, 5.74) is 11.2. The van der Waals surface area contributed by atoms with Crippen LogP contribution in [-0.4, -0.2) is 9.97 Å². The van der Waals surface area contributed by atoms with Crippen LogP contribution < -0.4 is 0 Å². The van der Waals surface area contributed by atoms with Crippen molar-refractivity contribution in [3.8, 4) is 56.2 Å². The molecule has 0 fully saturated rings. The maximum Gasteiger partial charge on any atom is 0.160 e. The van der Waals surface area contributed by atoms with Gasteiger partial charge in [-0.1, -0.05) is 133 Å². The van der Waals surface area contributed by atoms with E-state index < -0.39 is 0 Å². The molecule has 0 aliphatic carbocycles. The largest absolute Gasteiger partial charge is 0.456 e. The SMILES string of the molecule is c1ccc(-c2cccc(-c3cc(-c4cccc(-c5cc6oc7cccc8c9ccccc9c(c5)c6c78)c4)nc(-c4ccccc4)n3)c2)cc1. The zero-order valence-corrected chi connectivity index (χ0v) is 26.5. The lowest BCUT2D eigenvalue weighted by molar-refractivity contribution is 0.669. The number of nitrogens with zero attached hydrogens (tertiary/aromatic N) is 2. The van der Waals surface area contributed by atoms with Gasteiger partial charge in [-0.2, -0.15) is 0 Å². The fourth-order valence-corrected chi connectivity index (χ4v) is 7.31. The molecule has 0 aliphatic heterocycles. The van der Waals surface area contributed by atoms with Gasteiger partial charge in [-0.05, 0) is 80.2 Å². The van der Waals surface area contributed by atoms with Crippen LogP contribution in [0.4, 0.5) is 0 Å². The van der Waals surface area contributed by atoms with Gasteiger partial charge >= 0.3 is 0 Å². The minimum absolute atomic E-state index is 0.698. The van der Waals surface area contributed by atoms with Gasteiger partial charge in [-0.25, -0.2) is 9.97 Å². The number of fused-ring (bicyclic) bond motifs is 3. The molecule has 0 amide bonds. The molecular formula is C46H28N2O.